The molecule has 0 fully saturated rings. The molecule has 0 saturated heterocycles. The average molecular weight is 309 g/mol. The largest absolute Gasteiger partial charge is 0.406 e. The lowest BCUT2D eigenvalue weighted by Crippen LogP contribution is -2.38. The summed E-state index contributed by atoms with van der Waals surface area (Å²) in [5.41, 5.74) is 1.58. The van der Waals surface area contributed by atoms with Gasteiger partial charge in [0.05, 0.1) is 11.9 Å². The maximum absolute atomic E-state index is 12.4. The van der Waals surface area contributed by atoms with Gasteiger partial charge in [0.25, 0.3) is 5.91 Å². The molecule has 0 bridgehead atoms. The highest BCUT2D eigenvalue weighted by atomic mass is 19.4. The van der Waals surface area contributed by atoms with Crippen LogP contribution in [0.2, 0.25) is 0 Å². The smallest absolute Gasteiger partial charge is 0.330 e. The second kappa shape index (κ2) is 6.55. The van der Waals surface area contributed by atoms with E-state index in [0.29, 0.717) is 5.69 Å². The van der Waals surface area contributed by atoms with E-state index in [-0.39, 0.29) is 12.1 Å². The van der Waals surface area contributed by atoms with Gasteiger partial charge in [-0.3, -0.25) is 14.8 Å². The topological polar surface area (TPSA) is 46.1 Å². The van der Waals surface area contributed by atoms with Gasteiger partial charge in [0, 0.05) is 30.1 Å². The molecule has 0 atom stereocenters. The summed E-state index contributed by atoms with van der Waals surface area (Å²) in [7, 11) is 0. The highest BCUT2D eigenvalue weighted by Crippen LogP contribution is 2.20. The molecule has 4 nitrogen and oxygen atoms in total. The first kappa shape index (κ1) is 15.9. The lowest BCUT2D eigenvalue weighted by Gasteiger charge is -2.22. The van der Waals surface area contributed by atoms with Crippen LogP contribution in [0.25, 0.3) is 11.3 Å². The van der Waals surface area contributed by atoms with E-state index in [2.05, 4.69) is 9.97 Å². The fourth-order valence-corrected chi connectivity index (χ4v) is 1.96. The molecule has 1 aromatic carbocycles. The molecule has 0 saturated carbocycles. The van der Waals surface area contributed by atoms with Crippen molar-refractivity contribution in [3.8, 4) is 11.3 Å². The zero-order valence-electron chi connectivity index (χ0n) is 11.8. The van der Waals surface area contributed by atoms with Gasteiger partial charge in [0.15, 0.2) is 0 Å². The van der Waals surface area contributed by atoms with E-state index in [1.807, 2.05) is 0 Å². The van der Waals surface area contributed by atoms with Crippen LogP contribution in [0.4, 0.5) is 13.2 Å². The number of aromatic nitrogens is 2. The number of benzene rings is 1. The van der Waals surface area contributed by atoms with Crippen LogP contribution >= 0.6 is 0 Å². The summed E-state index contributed by atoms with van der Waals surface area (Å²) in [6.45, 7) is 0.246. The Morgan fingerprint density at radius 2 is 1.86 bits per heavy atom. The van der Waals surface area contributed by atoms with Crippen LogP contribution < -0.4 is 0 Å². The number of hydrogen-bond donors (Lipinski definition) is 0. The van der Waals surface area contributed by atoms with Gasteiger partial charge >= 0.3 is 6.18 Å². The van der Waals surface area contributed by atoms with Crippen molar-refractivity contribution in [3.63, 3.8) is 0 Å². The zero-order chi connectivity index (χ0) is 16.2. The molecule has 0 spiro atoms. The third-order valence-electron chi connectivity index (χ3n) is 3.03. The van der Waals surface area contributed by atoms with Crippen molar-refractivity contribution >= 4 is 5.91 Å². The predicted molar refractivity (Wildman–Crippen MR) is 75.1 cm³/mol. The molecule has 1 heterocycles. The fraction of sp³-hybridized carbons (Fsp3) is 0.267. The normalized spacial score (nSPS) is 11.3. The molecule has 0 aliphatic carbocycles. The van der Waals surface area contributed by atoms with Crippen LogP contribution in [0.15, 0.2) is 42.9 Å². The molecule has 22 heavy (non-hydrogen) atoms. The van der Waals surface area contributed by atoms with Crippen LogP contribution in [0.5, 0.6) is 0 Å². The van der Waals surface area contributed by atoms with Gasteiger partial charge in [-0.25, -0.2) is 0 Å². The first-order valence-electron chi connectivity index (χ1n) is 6.63. The van der Waals surface area contributed by atoms with Gasteiger partial charge in [-0.2, -0.15) is 13.2 Å². The van der Waals surface area contributed by atoms with Gasteiger partial charge in [-0.15, -0.1) is 0 Å². The molecule has 0 radical (unpaired) electrons. The van der Waals surface area contributed by atoms with Gasteiger partial charge in [0.2, 0.25) is 0 Å². The number of halogens is 3. The van der Waals surface area contributed by atoms with Gasteiger partial charge < -0.3 is 4.90 Å². The van der Waals surface area contributed by atoms with Crippen LogP contribution in [0.1, 0.15) is 17.3 Å². The summed E-state index contributed by atoms with van der Waals surface area (Å²) >= 11 is 0. The maximum atomic E-state index is 12.4. The highest BCUT2D eigenvalue weighted by molar-refractivity contribution is 5.94. The van der Waals surface area contributed by atoms with Gasteiger partial charge in [0.1, 0.15) is 6.54 Å². The number of hydrogen-bond acceptors (Lipinski definition) is 3. The number of nitrogens with zero attached hydrogens (tertiary/aromatic N) is 3. The summed E-state index contributed by atoms with van der Waals surface area (Å²) in [5.74, 6) is -0.648. The van der Waals surface area contributed by atoms with Crippen LogP contribution in [-0.2, 0) is 0 Å². The Balaban J connectivity index is 2.17. The highest BCUT2D eigenvalue weighted by Gasteiger charge is 2.32. The van der Waals surface area contributed by atoms with Crippen molar-refractivity contribution in [1.82, 2.24) is 14.9 Å². The fourth-order valence-electron chi connectivity index (χ4n) is 1.96. The monoisotopic (exact) mass is 309 g/mol. The van der Waals surface area contributed by atoms with E-state index in [1.165, 1.54) is 31.5 Å². The molecular formula is C15H14F3N3O. The molecular weight excluding hydrogens is 295 g/mol. The number of carbonyl (C=O) groups excluding carboxylic acids is 1. The molecule has 2 rings (SSSR count). The molecule has 1 aromatic heterocycles. The third-order valence-corrected chi connectivity index (χ3v) is 3.03. The molecule has 0 aliphatic rings. The minimum atomic E-state index is -4.41. The van der Waals surface area contributed by atoms with Crippen molar-refractivity contribution in [1.29, 1.82) is 0 Å². The molecule has 7 heteroatoms. The second-order valence-electron chi connectivity index (χ2n) is 4.60. The molecule has 0 unspecified atom stereocenters. The Bertz CT molecular complexity index is 627. The Labute approximate surface area is 125 Å². The molecule has 0 aliphatic heterocycles. The van der Waals surface area contributed by atoms with E-state index < -0.39 is 18.6 Å². The number of amides is 1. The molecule has 2 aromatic rings. The average Bonchev–Trinajstić information content (AvgIpc) is 2.52. The SMILES string of the molecule is CCN(CC(F)(F)F)C(=O)c1ccc(-c2cnccn2)cc1. The van der Waals surface area contributed by atoms with Crippen LogP contribution in [-0.4, -0.2) is 40.0 Å². The van der Waals surface area contributed by atoms with Gasteiger partial charge in [-0.1, -0.05) is 12.1 Å². The van der Waals surface area contributed by atoms with Crippen molar-refractivity contribution in [2.75, 3.05) is 13.1 Å². The Morgan fingerprint density at radius 1 is 1.18 bits per heavy atom. The third kappa shape index (κ3) is 4.03. The van der Waals surface area contributed by atoms with Crippen molar-refractivity contribution in [2.24, 2.45) is 0 Å². The Kier molecular flexibility index (Phi) is 4.75. The van der Waals surface area contributed by atoms with E-state index in [4.69, 9.17) is 0 Å². The summed E-state index contributed by atoms with van der Waals surface area (Å²) in [6.07, 6.45) is 0.234. The predicted octanol–water partition coefficient (Wildman–Crippen LogP) is 3.17. The summed E-state index contributed by atoms with van der Waals surface area (Å²) < 4.78 is 37.3. The van der Waals surface area contributed by atoms with Crippen molar-refractivity contribution < 1.29 is 18.0 Å². The summed E-state index contributed by atoms with van der Waals surface area (Å²) in [6, 6.07) is 6.26. The summed E-state index contributed by atoms with van der Waals surface area (Å²) in [4.78, 5) is 20.9. The second-order valence-corrected chi connectivity index (χ2v) is 4.60. The molecule has 116 valence electrons. The first-order chi connectivity index (χ1) is 10.4. The van der Waals surface area contributed by atoms with Gasteiger partial charge in [-0.05, 0) is 19.1 Å². The van der Waals surface area contributed by atoms with Crippen LogP contribution in [0.3, 0.4) is 0 Å². The van der Waals surface area contributed by atoms with Crippen molar-refractivity contribution in [2.45, 2.75) is 13.1 Å². The Hall–Kier alpha value is -2.44. The minimum Gasteiger partial charge on any atom is -0.330 e. The maximum Gasteiger partial charge on any atom is 0.406 e. The van der Waals surface area contributed by atoms with E-state index >= 15 is 0 Å². The van der Waals surface area contributed by atoms with Crippen molar-refractivity contribution in [3.05, 3.63) is 48.4 Å². The van der Waals surface area contributed by atoms with Crippen LogP contribution in [0, 0.1) is 0 Å². The zero-order valence-corrected chi connectivity index (χ0v) is 11.8. The number of rotatable bonds is 4. The summed E-state index contributed by atoms with van der Waals surface area (Å²) in [5, 5.41) is 0. The first-order valence-corrected chi connectivity index (χ1v) is 6.63. The number of carbonyl (C=O) groups is 1. The minimum absolute atomic E-state index is 0.00967. The molecule has 0 N–H and O–H groups in total. The standard InChI is InChI=1S/C15H14F3N3O/c1-2-21(10-15(16,17)18)14(22)12-5-3-11(4-6-12)13-9-19-7-8-20-13/h3-9H,2,10H2,1H3. The lowest BCUT2D eigenvalue weighted by atomic mass is 10.1. The lowest BCUT2D eigenvalue weighted by molar-refractivity contribution is -0.140. The van der Waals surface area contributed by atoms with E-state index in [0.717, 1.165) is 10.5 Å². The Morgan fingerprint density at radius 3 is 2.36 bits per heavy atom. The van der Waals surface area contributed by atoms with E-state index in [1.54, 1.807) is 18.3 Å². The number of alkyl halides is 3. The quantitative estimate of drug-likeness (QED) is 0.871. The van der Waals surface area contributed by atoms with E-state index in [9.17, 15) is 18.0 Å². The molecule has 1 amide bonds.